The number of aromatic hydroxyl groups is 1. The highest BCUT2D eigenvalue weighted by Gasteiger charge is 2.25. The SMILES string of the molecule is CCN(CC)S(=O)(=O)c1cc(Br)c(OC)c(NC(=O)c2cc(Cl)c(O)c(NS(C)(=O)=O)c2)c1. The number of carbonyl (C=O) groups is 1. The molecule has 10 nitrogen and oxygen atoms in total. The lowest BCUT2D eigenvalue weighted by atomic mass is 10.1. The molecule has 2 aromatic rings. The largest absolute Gasteiger partial charge is 0.504 e. The van der Waals surface area contributed by atoms with E-state index in [-0.39, 0.29) is 50.2 Å². The number of phenolic OH excluding ortho intramolecular Hbond substituents is 1. The van der Waals surface area contributed by atoms with Gasteiger partial charge in [0.05, 0.1) is 39.1 Å². The summed E-state index contributed by atoms with van der Waals surface area (Å²) in [6, 6.07) is 4.85. The van der Waals surface area contributed by atoms with Crippen molar-refractivity contribution in [3.8, 4) is 11.5 Å². The molecule has 0 saturated heterocycles. The van der Waals surface area contributed by atoms with E-state index in [1.54, 1.807) is 13.8 Å². The first kappa shape index (κ1) is 27.2. The van der Waals surface area contributed by atoms with Crippen molar-refractivity contribution in [3.63, 3.8) is 0 Å². The van der Waals surface area contributed by atoms with Gasteiger partial charge in [0.25, 0.3) is 5.91 Å². The quantitative estimate of drug-likeness (QED) is 0.383. The van der Waals surface area contributed by atoms with Crippen LogP contribution in [0.4, 0.5) is 11.4 Å². The summed E-state index contributed by atoms with van der Waals surface area (Å²) in [6.45, 7) is 3.93. The number of anilines is 2. The Kier molecular flexibility index (Phi) is 8.63. The third-order valence-electron chi connectivity index (χ3n) is 4.43. The highest BCUT2D eigenvalue weighted by atomic mass is 79.9. The number of methoxy groups -OCH3 is 1. The molecule has 0 saturated carbocycles. The van der Waals surface area contributed by atoms with Crippen LogP contribution in [0.1, 0.15) is 24.2 Å². The molecule has 0 aliphatic heterocycles. The van der Waals surface area contributed by atoms with Crippen molar-refractivity contribution in [3.05, 3.63) is 39.3 Å². The number of nitrogens with one attached hydrogen (secondary N) is 2. The molecule has 0 fully saturated rings. The fraction of sp³-hybridized carbons (Fsp3) is 0.316. The summed E-state index contributed by atoms with van der Waals surface area (Å²) in [5, 5.41) is 12.3. The van der Waals surface area contributed by atoms with E-state index in [4.69, 9.17) is 16.3 Å². The molecule has 0 aromatic heterocycles. The molecular formula is C19H23BrClN3O7S2. The Morgan fingerprint density at radius 3 is 2.24 bits per heavy atom. The number of sulfonamides is 2. The Morgan fingerprint density at radius 1 is 1.12 bits per heavy atom. The van der Waals surface area contributed by atoms with E-state index in [2.05, 4.69) is 26.0 Å². The molecule has 0 aliphatic carbocycles. The molecule has 0 atom stereocenters. The predicted molar refractivity (Wildman–Crippen MR) is 130 cm³/mol. The van der Waals surface area contributed by atoms with Gasteiger partial charge in [0.1, 0.15) is 0 Å². The highest BCUT2D eigenvalue weighted by molar-refractivity contribution is 9.10. The van der Waals surface area contributed by atoms with Gasteiger partial charge >= 0.3 is 0 Å². The summed E-state index contributed by atoms with van der Waals surface area (Å²) in [5.41, 5.74) is -0.343. The van der Waals surface area contributed by atoms with Crippen LogP contribution in [0.2, 0.25) is 5.02 Å². The van der Waals surface area contributed by atoms with Crippen molar-refractivity contribution in [1.82, 2.24) is 4.31 Å². The van der Waals surface area contributed by atoms with E-state index in [0.717, 1.165) is 18.4 Å². The van der Waals surface area contributed by atoms with E-state index < -0.39 is 31.7 Å². The molecule has 2 rings (SSSR count). The van der Waals surface area contributed by atoms with Gasteiger partial charge in [0.2, 0.25) is 20.0 Å². The minimum absolute atomic E-state index is 0.0458. The number of ether oxygens (including phenoxy) is 1. The Hall–Kier alpha value is -2.06. The fourth-order valence-corrected chi connectivity index (χ4v) is 5.99. The summed E-state index contributed by atoms with van der Waals surface area (Å²) in [6.07, 6.45) is 0.872. The van der Waals surface area contributed by atoms with E-state index >= 15 is 0 Å². The first-order valence-electron chi connectivity index (χ1n) is 9.44. The molecule has 0 spiro atoms. The number of phenols is 1. The van der Waals surface area contributed by atoms with Gasteiger partial charge in [-0.25, -0.2) is 16.8 Å². The second kappa shape index (κ2) is 10.5. The maximum Gasteiger partial charge on any atom is 0.255 e. The van der Waals surface area contributed by atoms with Gasteiger partial charge in [-0.15, -0.1) is 0 Å². The van der Waals surface area contributed by atoms with E-state index in [1.807, 2.05) is 0 Å². The number of benzene rings is 2. The van der Waals surface area contributed by atoms with Gasteiger partial charge in [-0.2, -0.15) is 4.31 Å². The van der Waals surface area contributed by atoms with Crippen molar-refractivity contribution in [2.24, 2.45) is 0 Å². The first-order chi connectivity index (χ1) is 15.2. The lowest BCUT2D eigenvalue weighted by Gasteiger charge is -2.20. The Bertz CT molecular complexity index is 1280. The Morgan fingerprint density at radius 2 is 1.73 bits per heavy atom. The maximum absolute atomic E-state index is 13.0. The molecule has 2 aromatic carbocycles. The average molecular weight is 585 g/mol. The number of hydrogen-bond donors (Lipinski definition) is 3. The second-order valence-electron chi connectivity index (χ2n) is 6.76. The normalized spacial score (nSPS) is 12.0. The molecule has 182 valence electrons. The van der Waals surface area contributed by atoms with Gasteiger partial charge in [-0.3, -0.25) is 9.52 Å². The average Bonchev–Trinajstić information content (AvgIpc) is 2.70. The molecule has 14 heteroatoms. The zero-order valence-corrected chi connectivity index (χ0v) is 22.1. The van der Waals surface area contributed by atoms with E-state index in [1.165, 1.54) is 23.5 Å². The number of amides is 1. The minimum atomic E-state index is -3.85. The summed E-state index contributed by atoms with van der Waals surface area (Å²) in [4.78, 5) is 12.9. The molecule has 0 aliphatic rings. The van der Waals surface area contributed by atoms with Gasteiger partial charge in [0, 0.05) is 18.7 Å². The van der Waals surface area contributed by atoms with Crippen LogP contribution in [0.5, 0.6) is 11.5 Å². The molecule has 0 radical (unpaired) electrons. The zero-order chi connectivity index (χ0) is 25.1. The van der Waals surface area contributed by atoms with Gasteiger partial charge in [-0.05, 0) is 40.2 Å². The van der Waals surface area contributed by atoms with Crippen LogP contribution in [-0.2, 0) is 20.0 Å². The molecule has 33 heavy (non-hydrogen) atoms. The number of carbonyl (C=O) groups excluding carboxylic acids is 1. The van der Waals surface area contributed by atoms with Crippen molar-refractivity contribution in [2.45, 2.75) is 18.7 Å². The summed E-state index contributed by atoms with van der Waals surface area (Å²) in [5.74, 6) is -1.14. The number of halogens is 2. The van der Waals surface area contributed by atoms with Crippen LogP contribution in [0.3, 0.4) is 0 Å². The first-order valence-corrected chi connectivity index (χ1v) is 13.9. The van der Waals surface area contributed by atoms with Crippen LogP contribution in [-0.4, -0.2) is 58.6 Å². The van der Waals surface area contributed by atoms with Crippen LogP contribution in [0.25, 0.3) is 0 Å². The third kappa shape index (κ3) is 6.29. The maximum atomic E-state index is 13.0. The van der Waals surface area contributed by atoms with Crippen LogP contribution < -0.4 is 14.8 Å². The van der Waals surface area contributed by atoms with E-state index in [0.29, 0.717) is 0 Å². The van der Waals surface area contributed by atoms with Gasteiger partial charge in [-0.1, -0.05) is 25.4 Å². The Balaban J connectivity index is 2.55. The predicted octanol–water partition coefficient (Wildman–Crippen LogP) is 3.47. The third-order valence-corrected chi connectivity index (χ3v) is 7.93. The lowest BCUT2D eigenvalue weighted by Crippen LogP contribution is -2.30. The smallest absolute Gasteiger partial charge is 0.255 e. The minimum Gasteiger partial charge on any atom is -0.504 e. The van der Waals surface area contributed by atoms with Crippen molar-refractivity contribution >= 4 is 64.9 Å². The van der Waals surface area contributed by atoms with Gasteiger partial charge in [0.15, 0.2) is 11.5 Å². The van der Waals surface area contributed by atoms with E-state index in [9.17, 15) is 26.7 Å². The summed E-state index contributed by atoms with van der Waals surface area (Å²) >= 11 is 9.21. The standard InChI is InChI=1S/C19H23BrClN3O7S2/c1-5-24(6-2)33(29,30)12-9-13(20)18(31-3)16(10-12)22-19(26)11-7-14(21)17(25)15(8-11)23-32(4,27)28/h7-10,23,25H,5-6H2,1-4H3,(H,22,26). The topological polar surface area (TPSA) is 142 Å². The van der Waals surface area contributed by atoms with Crippen LogP contribution >= 0.6 is 27.5 Å². The van der Waals surface area contributed by atoms with Crippen LogP contribution in [0, 0.1) is 0 Å². The van der Waals surface area contributed by atoms with Crippen LogP contribution in [0.15, 0.2) is 33.6 Å². The molecule has 0 bridgehead atoms. The number of rotatable bonds is 9. The monoisotopic (exact) mass is 583 g/mol. The second-order valence-corrected chi connectivity index (χ2v) is 11.7. The van der Waals surface area contributed by atoms with Crippen molar-refractivity contribution < 1.29 is 31.5 Å². The molecule has 3 N–H and O–H groups in total. The molecule has 0 heterocycles. The van der Waals surface area contributed by atoms with Gasteiger partial charge < -0.3 is 15.2 Å². The molecular weight excluding hydrogens is 562 g/mol. The lowest BCUT2D eigenvalue weighted by molar-refractivity contribution is 0.102. The molecule has 0 unspecified atom stereocenters. The number of hydrogen-bond acceptors (Lipinski definition) is 7. The van der Waals surface area contributed by atoms with Crippen molar-refractivity contribution in [2.75, 3.05) is 36.5 Å². The summed E-state index contributed by atoms with van der Waals surface area (Å²) in [7, 11) is -6.27. The highest BCUT2D eigenvalue weighted by Crippen LogP contribution is 2.38. The fourth-order valence-electron chi connectivity index (χ4n) is 2.93. The Labute approximate surface area is 206 Å². The summed E-state index contributed by atoms with van der Waals surface area (Å²) < 4.78 is 57.9. The number of nitrogens with zero attached hydrogens (tertiary/aromatic N) is 1. The zero-order valence-electron chi connectivity index (χ0n) is 18.1. The molecule has 1 amide bonds. The van der Waals surface area contributed by atoms with Crippen molar-refractivity contribution in [1.29, 1.82) is 0 Å².